The van der Waals surface area contributed by atoms with Crippen molar-refractivity contribution in [3.8, 4) is 0 Å². The van der Waals surface area contributed by atoms with Crippen molar-refractivity contribution in [1.82, 2.24) is 0 Å². The first-order valence-corrected chi connectivity index (χ1v) is 4.53. The third-order valence-electron chi connectivity index (χ3n) is 2.47. The van der Waals surface area contributed by atoms with Gasteiger partial charge in [0.2, 0.25) is 0 Å². The van der Waals surface area contributed by atoms with Crippen molar-refractivity contribution in [1.29, 1.82) is 0 Å². The zero-order valence-electron chi connectivity index (χ0n) is 8.23. The van der Waals surface area contributed by atoms with E-state index in [9.17, 15) is 4.79 Å². The quantitative estimate of drug-likeness (QED) is 0.494. The van der Waals surface area contributed by atoms with E-state index in [0.717, 1.165) is 5.56 Å². The minimum absolute atomic E-state index is 0.198. The molecule has 0 aromatic heterocycles. The van der Waals surface area contributed by atoms with E-state index in [1.165, 1.54) is 0 Å². The fourth-order valence-electron chi connectivity index (χ4n) is 1.61. The Morgan fingerprint density at radius 3 is 2.43 bits per heavy atom. The Morgan fingerprint density at radius 1 is 1.29 bits per heavy atom. The maximum absolute atomic E-state index is 11.5. The van der Waals surface area contributed by atoms with Gasteiger partial charge < -0.3 is 4.74 Å². The van der Waals surface area contributed by atoms with Crippen molar-refractivity contribution < 1.29 is 14.1 Å². The molecule has 1 aromatic rings. The van der Waals surface area contributed by atoms with Crippen LogP contribution in [0.3, 0.4) is 0 Å². The molecule has 1 aliphatic rings. The summed E-state index contributed by atoms with van der Waals surface area (Å²) < 4.78 is 6.89. The molecule has 1 aliphatic heterocycles. The Kier molecular flexibility index (Phi) is 2.08. The molecule has 72 valence electrons. The number of carbonyl (C=O) groups excluding carboxylic acids is 1. The van der Waals surface area contributed by atoms with Gasteiger partial charge in [-0.05, 0) is 0 Å². The molecule has 1 atom stereocenters. The molecule has 3 heteroatoms. The number of hydrogen-bond donors (Lipinski definition) is 0. The zero-order chi connectivity index (χ0) is 10.1. The molecule has 0 N–H and O–H groups in total. The van der Waals surface area contributed by atoms with Crippen molar-refractivity contribution in [3.05, 3.63) is 35.9 Å². The van der Waals surface area contributed by atoms with E-state index in [4.69, 9.17) is 4.74 Å². The molecule has 1 heterocycles. The van der Waals surface area contributed by atoms with Crippen LogP contribution in [0.2, 0.25) is 0 Å². The average molecular weight is 190 g/mol. The highest BCUT2D eigenvalue weighted by Gasteiger charge is 2.39. The first-order chi connectivity index (χ1) is 6.70. The molecule has 2 rings (SSSR count). The summed E-state index contributed by atoms with van der Waals surface area (Å²) >= 11 is 0. The van der Waals surface area contributed by atoms with Crippen molar-refractivity contribution >= 4 is 11.9 Å². The molecule has 1 unspecified atom stereocenters. The monoisotopic (exact) mass is 190 g/mol. The smallest absolute Gasteiger partial charge is 0.369 e. The maximum Gasteiger partial charge on any atom is 0.389 e. The molecular weight excluding hydrogens is 178 g/mol. The van der Waals surface area contributed by atoms with Gasteiger partial charge in [0.1, 0.15) is 7.05 Å². The number of carbonyl (C=O) groups is 1. The van der Waals surface area contributed by atoms with Crippen LogP contribution < -0.4 is 0 Å². The van der Waals surface area contributed by atoms with Crippen molar-refractivity contribution in [2.45, 2.75) is 13.0 Å². The minimum atomic E-state index is -0.281. The lowest BCUT2D eigenvalue weighted by molar-refractivity contribution is -0.525. The largest absolute Gasteiger partial charge is 0.389 e. The van der Waals surface area contributed by atoms with Gasteiger partial charge in [-0.1, -0.05) is 30.3 Å². The number of esters is 1. The van der Waals surface area contributed by atoms with Crippen molar-refractivity contribution in [3.63, 3.8) is 0 Å². The molecule has 0 saturated heterocycles. The molecule has 0 aliphatic carbocycles. The Hall–Kier alpha value is -1.64. The van der Waals surface area contributed by atoms with Crippen LogP contribution in [0.4, 0.5) is 0 Å². The third kappa shape index (κ3) is 1.31. The lowest BCUT2D eigenvalue weighted by atomic mass is 10.1. The Morgan fingerprint density at radius 2 is 1.93 bits per heavy atom. The van der Waals surface area contributed by atoms with Crippen LogP contribution >= 0.6 is 0 Å². The Labute approximate surface area is 82.6 Å². The van der Waals surface area contributed by atoms with E-state index in [2.05, 4.69) is 0 Å². The van der Waals surface area contributed by atoms with Gasteiger partial charge in [-0.15, -0.1) is 0 Å². The minimum Gasteiger partial charge on any atom is -0.369 e. The fraction of sp³-hybridized carbons (Fsp3) is 0.273. The summed E-state index contributed by atoms with van der Waals surface area (Å²) in [5.41, 5.74) is 0.969. The van der Waals surface area contributed by atoms with Crippen molar-refractivity contribution in [2.24, 2.45) is 0 Å². The molecule has 0 bridgehead atoms. The van der Waals surface area contributed by atoms with Gasteiger partial charge in [0.25, 0.3) is 6.04 Å². The number of hydrogen-bond acceptors (Lipinski definition) is 2. The van der Waals surface area contributed by atoms with E-state index in [1.54, 1.807) is 6.92 Å². The lowest BCUT2D eigenvalue weighted by Crippen LogP contribution is -2.16. The van der Waals surface area contributed by atoms with E-state index in [0.29, 0.717) is 5.90 Å². The normalized spacial score (nSPS) is 21.3. The van der Waals surface area contributed by atoms with E-state index in [-0.39, 0.29) is 12.0 Å². The van der Waals surface area contributed by atoms with Crippen LogP contribution in [-0.2, 0) is 9.53 Å². The summed E-state index contributed by atoms with van der Waals surface area (Å²) in [4.78, 5) is 11.5. The number of benzene rings is 1. The van der Waals surface area contributed by atoms with Gasteiger partial charge >= 0.3 is 11.9 Å². The highest BCUT2D eigenvalue weighted by molar-refractivity contribution is 5.91. The third-order valence-corrected chi connectivity index (χ3v) is 2.47. The SMILES string of the molecule is CC1=[N+](C)C(c2ccccc2)C(=O)O1. The number of rotatable bonds is 1. The number of likely N-dealkylation sites (N-methyl/N-ethyl adjacent to an activating group) is 1. The highest BCUT2D eigenvalue weighted by Crippen LogP contribution is 2.22. The fourth-order valence-corrected chi connectivity index (χ4v) is 1.61. The first kappa shape index (κ1) is 8.94. The van der Waals surface area contributed by atoms with Gasteiger partial charge in [0, 0.05) is 5.56 Å². The van der Waals surface area contributed by atoms with Gasteiger partial charge in [-0.3, -0.25) is 0 Å². The predicted molar refractivity (Wildman–Crippen MR) is 52.1 cm³/mol. The molecule has 0 radical (unpaired) electrons. The van der Waals surface area contributed by atoms with E-state index in [1.807, 2.05) is 42.0 Å². The summed E-state index contributed by atoms with van der Waals surface area (Å²) in [6.45, 7) is 1.79. The first-order valence-electron chi connectivity index (χ1n) is 4.53. The summed E-state index contributed by atoms with van der Waals surface area (Å²) in [6, 6.07) is 9.35. The van der Waals surface area contributed by atoms with E-state index >= 15 is 0 Å². The Bertz CT molecular complexity index is 395. The zero-order valence-corrected chi connectivity index (χ0v) is 8.23. The highest BCUT2D eigenvalue weighted by atomic mass is 16.6. The van der Waals surface area contributed by atoms with Gasteiger partial charge in [0.15, 0.2) is 0 Å². The molecule has 0 saturated carbocycles. The predicted octanol–water partition coefficient (Wildman–Crippen LogP) is 1.35. The van der Waals surface area contributed by atoms with E-state index < -0.39 is 0 Å². The average Bonchev–Trinajstić information content (AvgIpc) is 2.43. The summed E-state index contributed by atoms with van der Waals surface area (Å²) in [5.74, 6) is 0.458. The summed E-state index contributed by atoms with van der Waals surface area (Å²) in [6.07, 6.45) is 0. The molecule has 0 amide bonds. The molecule has 0 fully saturated rings. The van der Waals surface area contributed by atoms with Gasteiger partial charge in [0.05, 0.1) is 6.92 Å². The molecule has 0 spiro atoms. The Balaban J connectivity index is 2.41. The summed E-state index contributed by atoms with van der Waals surface area (Å²) in [7, 11) is 1.86. The second-order valence-corrected chi connectivity index (χ2v) is 3.36. The van der Waals surface area contributed by atoms with Gasteiger partial charge in [-0.25, -0.2) is 4.79 Å². The van der Waals surface area contributed by atoms with Crippen LogP contribution in [0.1, 0.15) is 18.5 Å². The number of cyclic esters (lactones) is 1. The molecular formula is C11H12NO2+. The topological polar surface area (TPSA) is 29.3 Å². The van der Waals surface area contributed by atoms with Crippen molar-refractivity contribution in [2.75, 3.05) is 7.05 Å². The maximum atomic E-state index is 11.5. The summed E-state index contributed by atoms with van der Waals surface area (Å²) in [5, 5.41) is 0. The lowest BCUT2D eigenvalue weighted by Gasteiger charge is -2.02. The van der Waals surface area contributed by atoms with Crippen LogP contribution in [-0.4, -0.2) is 23.5 Å². The second kappa shape index (κ2) is 3.25. The van der Waals surface area contributed by atoms with Crippen LogP contribution in [0.15, 0.2) is 30.3 Å². The standard InChI is InChI=1S/C11H12NO2/c1-8-12(2)10(11(13)14-8)9-6-4-3-5-7-9/h3-7,10H,1-2H3/q+1. The van der Waals surface area contributed by atoms with Crippen LogP contribution in [0, 0.1) is 0 Å². The molecule has 3 nitrogen and oxygen atoms in total. The van der Waals surface area contributed by atoms with Crippen LogP contribution in [0.5, 0.6) is 0 Å². The van der Waals surface area contributed by atoms with Gasteiger partial charge in [-0.2, -0.15) is 4.58 Å². The number of nitrogens with zero attached hydrogens (tertiary/aromatic N) is 1. The molecule has 1 aromatic carbocycles. The van der Waals surface area contributed by atoms with Crippen LogP contribution in [0.25, 0.3) is 0 Å². The number of ether oxygens (including phenoxy) is 1. The second-order valence-electron chi connectivity index (χ2n) is 3.36. The molecule has 14 heavy (non-hydrogen) atoms.